The van der Waals surface area contributed by atoms with E-state index in [4.69, 9.17) is 4.74 Å². The van der Waals surface area contributed by atoms with Crippen molar-refractivity contribution in [3.8, 4) is 0 Å². The summed E-state index contributed by atoms with van der Waals surface area (Å²) < 4.78 is 21.8. The van der Waals surface area contributed by atoms with Gasteiger partial charge in [-0.15, -0.1) is 5.10 Å². The average Bonchev–Trinajstić information content (AvgIpc) is 3.38. The van der Waals surface area contributed by atoms with Gasteiger partial charge in [0, 0.05) is 19.7 Å². The molecule has 137 valence electrons. The highest BCUT2D eigenvalue weighted by molar-refractivity contribution is 6.06. The zero-order valence-electron chi connectivity index (χ0n) is 14.9. The molecule has 1 saturated heterocycles. The molecule has 5 rings (SSSR count). The van der Waals surface area contributed by atoms with Crippen molar-refractivity contribution in [2.45, 2.75) is 25.4 Å². The number of hydrogen-bond donors (Lipinski definition) is 0. The third-order valence-corrected chi connectivity index (χ3v) is 5.32. The van der Waals surface area contributed by atoms with Gasteiger partial charge in [0.15, 0.2) is 0 Å². The van der Waals surface area contributed by atoms with E-state index in [2.05, 4.69) is 15.3 Å². The number of nitrogens with zero attached hydrogens (tertiary/aromatic N) is 6. The average molecular weight is 368 g/mol. The van der Waals surface area contributed by atoms with Gasteiger partial charge in [-0.05, 0) is 30.7 Å². The van der Waals surface area contributed by atoms with Crippen LogP contribution in [0, 0.1) is 5.82 Å². The minimum Gasteiger partial charge on any atom is -0.369 e. The number of hydrogen-bond acceptors (Lipinski definition) is 6. The van der Waals surface area contributed by atoms with Crippen molar-refractivity contribution in [2.24, 2.45) is 4.99 Å². The fourth-order valence-electron chi connectivity index (χ4n) is 3.89. The van der Waals surface area contributed by atoms with Crippen LogP contribution in [0.5, 0.6) is 0 Å². The summed E-state index contributed by atoms with van der Waals surface area (Å²) >= 11 is 0. The van der Waals surface area contributed by atoms with Gasteiger partial charge in [0.25, 0.3) is 12.2 Å². The number of aromatic nitrogens is 3. The van der Waals surface area contributed by atoms with E-state index in [1.807, 2.05) is 6.92 Å². The second kappa shape index (κ2) is 5.54. The smallest absolute Gasteiger partial charge is 0.318 e. The molecule has 1 fully saturated rings. The van der Waals surface area contributed by atoms with Gasteiger partial charge >= 0.3 is 5.82 Å². The molecule has 0 aliphatic carbocycles. The summed E-state index contributed by atoms with van der Waals surface area (Å²) in [5.74, 6) is -0.0302. The Balaban J connectivity index is 1.69. The van der Waals surface area contributed by atoms with E-state index in [1.165, 1.54) is 11.0 Å². The molecule has 2 aromatic rings. The Bertz CT molecular complexity index is 1020. The van der Waals surface area contributed by atoms with Crippen LogP contribution in [-0.2, 0) is 10.3 Å². The van der Waals surface area contributed by atoms with E-state index in [1.54, 1.807) is 41.3 Å². The summed E-state index contributed by atoms with van der Waals surface area (Å²) in [6, 6.07) is 4.55. The van der Waals surface area contributed by atoms with Crippen molar-refractivity contribution >= 4 is 23.8 Å². The molecule has 1 amide bonds. The summed E-state index contributed by atoms with van der Waals surface area (Å²) in [5, 5.41) is 8.23. The summed E-state index contributed by atoms with van der Waals surface area (Å²) in [7, 11) is 1.60. The molecule has 3 aliphatic rings. The number of ether oxygens (including phenoxy) is 1. The van der Waals surface area contributed by atoms with E-state index < -0.39 is 17.3 Å². The number of amides is 1. The zero-order chi connectivity index (χ0) is 18.8. The maximum atomic E-state index is 14.3. The second-order valence-electron chi connectivity index (χ2n) is 6.97. The highest BCUT2D eigenvalue weighted by atomic mass is 19.1. The Kier molecular flexibility index (Phi) is 3.34. The van der Waals surface area contributed by atoms with Gasteiger partial charge in [0.1, 0.15) is 17.0 Å². The first-order valence-corrected chi connectivity index (χ1v) is 8.71. The zero-order valence-corrected chi connectivity index (χ0v) is 14.9. The number of aliphatic imine (C=N–C) groups is 1. The fourth-order valence-corrected chi connectivity index (χ4v) is 3.89. The quantitative estimate of drug-likeness (QED) is 0.761. The Morgan fingerprint density at radius 3 is 3.00 bits per heavy atom. The van der Waals surface area contributed by atoms with Gasteiger partial charge < -0.3 is 4.74 Å². The molecule has 3 aliphatic heterocycles. The van der Waals surface area contributed by atoms with Crippen LogP contribution >= 0.6 is 0 Å². The number of carbonyl (C=O) groups excluding carboxylic acids is 1. The van der Waals surface area contributed by atoms with Crippen LogP contribution in [0.3, 0.4) is 0 Å². The molecule has 1 radical (unpaired) electrons. The highest BCUT2D eigenvalue weighted by Crippen LogP contribution is 2.40. The van der Waals surface area contributed by atoms with E-state index >= 15 is 0 Å². The van der Waals surface area contributed by atoms with Crippen LogP contribution in [-0.4, -0.2) is 45.8 Å². The third kappa shape index (κ3) is 2.15. The van der Waals surface area contributed by atoms with Gasteiger partial charge in [-0.25, -0.2) is 4.39 Å². The van der Waals surface area contributed by atoms with Gasteiger partial charge in [-0.1, -0.05) is 11.3 Å². The van der Waals surface area contributed by atoms with E-state index in [0.29, 0.717) is 23.9 Å². The Hall–Kier alpha value is -2.91. The lowest BCUT2D eigenvalue weighted by molar-refractivity contribution is 0.0114. The first kappa shape index (κ1) is 16.3. The topological polar surface area (TPSA) is 78.5 Å². The summed E-state index contributed by atoms with van der Waals surface area (Å²) in [5.41, 5.74) is 0.743. The fraction of sp³-hybridized carbons (Fsp3) is 0.333. The van der Waals surface area contributed by atoms with Crippen LogP contribution < -0.4 is 4.90 Å². The SMILES string of the molecule is CN1C(=O)c2c(F)cccc2[N+]2C=NC(n3nncc3C3(C)CCCO3)=C12. The Morgan fingerprint density at radius 1 is 1.37 bits per heavy atom. The first-order chi connectivity index (χ1) is 13.0. The molecule has 1 aromatic heterocycles. The lowest BCUT2D eigenvalue weighted by Gasteiger charge is -2.25. The van der Waals surface area contributed by atoms with Crippen molar-refractivity contribution < 1.29 is 13.9 Å². The van der Waals surface area contributed by atoms with Gasteiger partial charge in [-0.3, -0.25) is 9.69 Å². The van der Waals surface area contributed by atoms with E-state index in [-0.39, 0.29) is 5.56 Å². The normalized spacial score (nSPS) is 24.7. The molecular formula is C18H17FN6O2+. The van der Waals surface area contributed by atoms with Crippen molar-refractivity contribution in [3.05, 3.63) is 47.3 Å². The molecule has 1 unspecified atom stereocenters. The molecule has 0 spiro atoms. The van der Waals surface area contributed by atoms with Crippen LogP contribution in [0.15, 0.2) is 35.2 Å². The molecule has 0 bridgehead atoms. The number of carbonyl (C=O) groups is 1. The number of benzene rings is 1. The standard InChI is InChI=1S/C18H17FN6O2/c1-18(7-4-8-27-18)13-9-21-22-25(13)15-16-23(2)17(26)14-11(19)5-3-6-12(14)24(16)10-20-15/h3,5-6,9-10H,4,7-8H2,1-2H3/q+1. The minimum atomic E-state index is -0.557. The van der Waals surface area contributed by atoms with E-state index in [0.717, 1.165) is 18.5 Å². The molecular weight excluding hydrogens is 351 g/mol. The summed E-state index contributed by atoms with van der Waals surface area (Å²) in [6.45, 7) is 2.67. The molecule has 8 nitrogen and oxygen atoms in total. The maximum Gasteiger partial charge on any atom is 0.318 e. The van der Waals surface area contributed by atoms with Crippen LogP contribution in [0.4, 0.5) is 10.1 Å². The molecule has 1 atom stereocenters. The van der Waals surface area contributed by atoms with Crippen molar-refractivity contribution in [3.63, 3.8) is 0 Å². The lowest BCUT2D eigenvalue weighted by Crippen LogP contribution is -2.42. The van der Waals surface area contributed by atoms with Crippen molar-refractivity contribution in [2.75, 3.05) is 13.7 Å². The molecule has 9 heteroatoms. The number of rotatable bonds is 2. The third-order valence-electron chi connectivity index (χ3n) is 5.32. The highest BCUT2D eigenvalue weighted by Gasteiger charge is 2.49. The van der Waals surface area contributed by atoms with E-state index in [9.17, 15) is 9.18 Å². The largest absolute Gasteiger partial charge is 0.369 e. The minimum absolute atomic E-state index is 0.0290. The summed E-state index contributed by atoms with van der Waals surface area (Å²) in [6.07, 6.45) is 5.03. The molecule has 0 saturated carbocycles. The van der Waals surface area contributed by atoms with Crippen molar-refractivity contribution in [1.82, 2.24) is 24.8 Å². The van der Waals surface area contributed by atoms with Crippen LogP contribution in [0.1, 0.15) is 35.8 Å². The number of anilines is 1. The predicted molar refractivity (Wildman–Crippen MR) is 94.6 cm³/mol. The molecule has 27 heavy (non-hydrogen) atoms. The maximum absolute atomic E-state index is 14.3. The molecule has 1 aromatic carbocycles. The van der Waals surface area contributed by atoms with Crippen molar-refractivity contribution in [1.29, 1.82) is 0 Å². The second-order valence-corrected chi connectivity index (χ2v) is 6.97. The monoisotopic (exact) mass is 368 g/mol. The van der Waals surface area contributed by atoms with Gasteiger partial charge in [0.05, 0.1) is 11.9 Å². The number of halogens is 1. The lowest BCUT2D eigenvalue weighted by atomic mass is 9.99. The van der Waals surface area contributed by atoms with Crippen LogP contribution in [0.2, 0.25) is 0 Å². The van der Waals surface area contributed by atoms with Crippen LogP contribution in [0.25, 0.3) is 5.82 Å². The first-order valence-electron chi connectivity index (χ1n) is 8.71. The molecule has 4 heterocycles. The number of fused-ring (bicyclic) bond motifs is 3. The Morgan fingerprint density at radius 2 is 2.22 bits per heavy atom. The predicted octanol–water partition coefficient (Wildman–Crippen LogP) is 2.13. The van der Waals surface area contributed by atoms with Gasteiger partial charge in [0.2, 0.25) is 11.5 Å². The summed E-state index contributed by atoms with van der Waals surface area (Å²) in [4.78, 5) is 20.3. The van der Waals surface area contributed by atoms with Gasteiger partial charge in [-0.2, -0.15) is 9.67 Å². The molecule has 0 N–H and O–H groups in total. The Labute approximate surface area is 154 Å².